The Labute approximate surface area is 124 Å². The van der Waals surface area contributed by atoms with Gasteiger partial charge in [0.2, 0.25) is 0 Å². The largest absolute Gasteiger partial charge is 0.490 e. The van der Waals surface area contributed by atoms with Crippen LogP contribution in [0.4, 0.5) is 0 Å². The Kier molecular flexibility index (Phi) is 6.48. The maximum atomic E-state index is 11.6. The predicted octanol–water partition coefficient (Wildman–Crippen LogP) is 1.99. The smallest absolute Gasteiger partial charge is 0.339 e. The molecule has 0 heterocycles. The van der Waals surface area contributed by atoms with E-state index in [0.29, 0.717) is 18.8 Å². The fourth-order valence-corrected chi connectivity index (χ4v) is 2.95. The van der Waals surface area contributed by atoms with E-state index in [2.05, 4.69) is 0 Å². The fraction of sp³-hybridized carbons (Fsp3) is 0.500. The van der Waals surface area contributed by atoms with Gasteiger partial charge in [-0.2, -0.15) is 0 Å². The summed E-state index contributed by atoms with van der Waals surface area (Å²) in [5.74, 6) is -0.845. The molecule has 7 heteroatoms. The Morgan fingerprint density at radius 1 is 1.19 bits per heavy atom. The van der Waals surface area contributed by atoms with Crippen LogP contribution in [0.25, 0.3) is 0 Å². The number of carboxylic acids is 1. The summed E-state index contributed by atoms with van der Waals surface area (Å²) in [5.41, 5.74) is -0.0474. The Hall–Kier alpha value is -1.76. The van der Waals surface area contributed by atoms with Crippen molar-refractivity contribution in [2.75, 3.05) is 24.7 Å². The monoisotopic (exact) mass is 316 g/mol. The summed E-state index contributed by atoms with van der Waals surface area (Å²) in [6, 6.07) is 4.53. The number of hydrogen-bond acceptors (Lipinski definition) is 5. The van der Waals surface area contributed by atoms with Crippen molar-refractivity contribution in [1.29, 1.82) is 0 Å². The van der Waals surface area contributed by atoms with Crippen LogP contribution in [0, 0.1) is 0 Å². The van der Waals surface area contributed by atoms with Crippen molar-refractivity contribution in [2.24, 2.45) is 0 Å². The maximum absolute atomic E-state index is 11.6. The molecule has 21 heavy (non-hydrogen) atoms. The van der Waals surface area contributed by atoms with E-state index < -0.39 is 15.8 Å². The van der Waals surface area contributed by atoms with Crippen LogP contribution >= 0.6 is 0 Å². The van der Waals surface area contributed by atoms with Crippen molar-refractivity contribution in [1.82, 2.24) is 0 Å². The SMILES string of the molecule is CCCS(=O)(=O)CCOc1c(OCC)cccc1C(=O)O. The average Bonchev–Trinajstić information content (AvgIpc) is 2.40. The van der Waals surface area contributed by atoms with Gasteiger partial charge in [0.1, 0.15) is 12.2 Å². The molecule has 1 rings (SSSR count). The van der Waals surface area contributed by atoms with Crippen LogP contribution in [0.15, 0.2) is 18.2 Å². The van der Waals surface area contributed by atoms with Crippen molar-refractivity contribution in [2.45, 2.75) is 20.3 Å². The molecule has 0 atom stereocenters. The number of aromatic carboxylic acids is 1. The van der Waals surface area contributed by atoms with Gasteiger partial charge in [-0.1, -0.05) is 13.0 Å². The number of benzene rings is 1. The summed E-state index contributed by atoms with van der Waals surface area (Å²) in [4.78, 5) is 11.2. The highest BCUT2D eigenvalue weighted by Crippen LogP contribution is 2.31. The zero-order valence-electron chi connectivity index (χ0n) is 12.2. The van der Waals surface area contributed by atoms with Crippen LogP contribution in [-0.2, 0) is 9.84 Å². The summed E-state index contributed by atoms with van der Waals surface area (Å²) in [6.07, 6.45) is 0.540. The van der Waals surface area contributed by atoms with Crippen molar-refractivity contribution in [3.8, 4) is 11.5 Å². The van der Waals surface area contributed by atoms with Crippen molar-refractivity contribution >= 4 is 15.8 Å². The minimum absolute atomic E-state index is 0.0474. The number of para-hydroxylation sites is 1. The lowest BCUT2D eigenvalue weighted by Gasteiger charge is -2.14. The third kappa shape index (κ3) is 5.26. The molecular weight excluding hydrogens is 296 g/mol. The predicted molar refractivity (Wildman–Crippen MR) is 79.0 cm³/mol. The zero-order chi connectivity index (χ0) is 15.9. The summed E-state index contributed by atoms with van der Waals surface area (Å²) < 4.78 is 33.9. The second kappa shape index (κ2) is 7.87. The number of hydrogen-bond donors (Lipinski definition) is 1. The molecule has 1 aromatic carbocycles. The van der Waals surface area contributed by atoms with Gasteiger partial charge in [-0.3, -0.25) is 0 Å². The molecule has 0 fully saturated rings. The van der Waals surface area contributed by atoms with Crippen molar-refractivity contribution < 1.29 is 27.8 Å². The summed E-state index contributed by atoms with van der Waals surface area (Å²) in [7, 11) is -3.17. The van der Waals surface area contributed by atoms with Gasteiger partial charge in [0.15, 0.2) is 21.3 Å². The summed E-state index contributed by atoms with van der Waals surface area (Å²) in [5, 5.41) is 9.15. The molecular formula is C14H20O6S. The van der Waals surface area contributed by atoms with Crippen LogP contribution < -0.4 is 9.47 Å². The van der Waals surface area contributed by atoms with Crippen LogP contribution in [0.3, 0.4) is 0 Å². The van der Waals surface area contributed by atoms with Gasteiger partial charge in [0, 0.05) is 0 Å². The molecule has 6 nitrogen and oxygen atoms in total. The van der Waals surface area contributed by atoms with Gasteiger partial charge >= 0.3 is 5.97 Å². The number of sulfone groups is 1. The minimum atomic E-state index is -3.17. The first-order chi connectivity index (χ1) is 9.91. The number of ether oxygens (including phenoxy) is 2. The third-order valence-corrected chi connectivity index (χ3v) is 4.48. The lowest BCUT2D eigenvalue weighted by molar-refractivity contribution is 0.0691. The molecule has 0 aromatic heterocycles. The molecule has 1 N–H and O–H groups in total. The highest BCUT2D eigenvalue weighted by molar-refractivity contribution is 7.91. The van der Waals surface area contributed by atoms with E-state index in [9.17, 15) is 13.2 Å². The first-order valence-electron chi connectivity index (χ1n) is 6.73. The molecule has 0 aliphatic rings. The molecule has 0 amide bonds. The Morgan fingerprint density at radius 3 is 2.48 bits per heavy atom. The maximum Gasteiger partial charge on any atom is 0.339 e. The third-order valence-electron chi connectivity index (χ3n) is 2.67. The summed E-state index contributed by atoms with van der Waals surface area (Å²) >= 11 is 0. The topological polar surface area (TPSA) is 89.9 Å². The second-order valence-electron chi connectivity index (χ2n) is 4.37. The lowest BCUT2D eigenvalue weighted by atomic mass is 10.2. The van der Waals surface area contributed by atoms with Gasteiger partial charge < -0.3 is 14.6 Å². The van der Waals surface area contributed by atoms with E-state index in [-0.39, 0.29) is 29.4 Å². The zero-order valence-corrected chi connectivity index (χ0v) is 13.0. The van der Waals surface area contributed by atoms with Gasteiger partial charge in [-0.15, -0.1) is 0 Å². The van der Waals surface area contributed by atoms with E-state index in [1.54, 1.807) is 26.0 Å². The van der Waals surface area contributed by atoms with Gasteiger partial charge in [0.25, 0.3) is 0 Å². The van der Waals surface area contributed by atoms with Crippen LogP contribution in [-0.4, -0.2) is 44.2 Å². The van der Waals surface area contributed by atoms with E-state index in [4.69, 9.17) is 14.6 Å². The Balaban J connectivity index is 2.88. The van der Waals surface area contributed by atoms with Gasteiger partial charge in [0.05, 0.1) is 18.1 Å². The van der Waals surface area contributed by atoms with E-state index in [1.807, 2.05) is 0 Å². The lowest BCUT2D eigenvalue weighted by Crippen LogP contribution is -2.18. The quantitative estimate of drug-likeness (QED) is 0.749. The minimum Gasteiger partial charge on any atom is -0.490 e. The second-order valence-corrected chi connectivity index (χ2v) is 6.67. The molecule has 0 saturated carbocycles. The number of carbonyl (C=O) groups is 1. The van der Waals surface area contributed by atoms with Crippen molar-refractivity contribution in [3.63, 3.8) is 0 Å². The first-order valence-corrected chi connectivity index (χ1v) is 8.55. The Morgan fingerprint density at radius 2 is 1.90 bits per heavy atom. The molecule has 0 aliphatic heterocycles. The molecule has 0 unspecified atom stereocenters. The average molecular weight is 316 g/mol. The van der Waals surface area contributed by atoms with E-state index in [1.165, 1.54) is 6.07 Å². The van der Waals surface area contributed by atoms with Gasteiger partial charge in [-0.05, 0) is 25.5 Å². The standard InChI is InChI=1S/C14H20O6S/c1-3-9-21(17,18)10-8-20-13-11(14(15)16)6-5-7-12(13)19-4-2/h5-7H,3-4,8-10H2,1-2H3,(H,15,16). The Bertz CT molecular complexity index is 579. The van der Waals surface area contributed by atoms with Crippen LogP contribution in [0.5, 0.6) is 11.5 Å². The van der Waals surface area contributed by atoms with Crippen LogP contribution in [0.2, 0.25) is 0 Å². The fourth-order valence-electron chi connectivity index (χ4n) is 1.79. The highest BCUT2D eigenvalue weighted by Gasteiger charge is 2.18. The molecule has 118 valence electrons. The molecule has 1 aromatic rings. The molecule has 0 saturated heterocycles. The van der Waals surface area contributed by atoms with Gasteiger partial charge in [-0.25, -0.2) is 13.2 Å². The normalized spacial score (nSPS) is 11.1. The van der Waals surface area contributed by atoms with Crippen molar-refractivity contribution in [3.05, 3.63) is 23.8 Å². The van der Waals surface area contributed by atoms with E-state index >= 15 is 0 Å². The molecule has 0 aliphatic carbocycles. The molecule has 0 bridgehead atoms. The number of rotatable bonds is 9. The summed E-state index contributed by atoms with van der Waals surface area (Å²) in [6.45, 7) is 3.80. The van der Waals surface area contributed by atoms with E-state index in [0.717, 1.165) is 0 Å². The van der Waals surface area contributed by atoms with Crippen LogP contribution in [0.1, 0.15) is 30.6 Å². The highest BCUT2D eigenvalue weighted by atomic mass is 32.2. The molecule has 0 spiro atoms. The first kappa shape index (κ1) is 17.3. The number of carboxylic acid groups (broad SMARTS) is 1. The molecule has 0 radical (unpaired) electrons.